The van der Waals surface area contributed by atoms with Crippen LogP contribution in [0.4, 0.5) is 0 Å². The van der Waals surface area contributed by atoms with E-state index in [1.807, 2.05) is 0 Å². The summed E-state index contributed by atoms with van der Waals surface area (Å²) in [6, 6.07) is 11.6. The van der Waals surface area contributed by atoms with E-state index >= 15 is 0 Å². The molecule has 0 aliphatic heterocycles. The minimum Gasteiger partial charge on any atom is -0.496 e. The van der Waals surface area contributed by atoms with E-state index in [4.69, 9.17) is 35.3 Å². The van der Waals surface area contributed by atoms with Crippen LogP contribution in [-0.2, 0) is 9.53 Å². The van der Waals surface area contributed by atoms with Crippen LogP contribution in [0, 0.1) is 5.92 Å². The molecule has 1 N–H and O–H groups in total. The predicted molar refractivity (Wildman–Crippen MR) is 115 cm³/mol. The number of hydrogen-bond acceptors (Lipinski definition) is 6. The van der Waals surface area contributed by atoms with Crippen molar-refractivity contribution in [1.29, 1.82) is 0 Å². The molecule has 0 unspecified atom stereocenters. The van der Waals surface area contributed by atoms with Gasteiger partial charge in [0.05, 0.1) is 41.7 Å². The van der Waals surface area contributed by atoms with Crippen molar-refractivity contribution in [2.75, 3.05) is 20.3 Å². The lowest BCUT2D eigenvalue weighted by Gasteiger charge is -2.31. The third kappa shape index (κ3) is 4.52. The minimum atomic E-state index is -0.775. The van der Waals surface area contributed by atoms with Gasteiger partial charge in [0.2, 0.25) is 0 Å². The van der Waals surface area contributed by atoms with Crippen LogP contribution in [0.3, 0.4) is 0 Å². The molecule has 1 heterocycles. The van der Waals surface area contributed by atoms with Gasteiger partial charge in [-0.15, -0.1) is 0 Å². The van der Waals surface area contributed by atoms with E-state index in [1.165, 1.54) is 13.2 Å². The number of aliphatic carboxylic acids is 1. The number of benzene rings is 2. The van der Waals surface area contributed by atoms with Crippen molar-refractivity contribution in [2.24, 2.45) is 5.92 Å². The van der Waals surface area contributed by atoms with Gasteiger partial charge < -0.3 is 23.7 Å². The van der Waals surface area contributed by atoms with Crippen molar-refractivity contribution >= 4 is 28.5 Å². The fourth-order valence-corrected chi connectivity index (χ4v) is 3.74. The van der Waals surface area contributed by atoms with Gasteiger partial charge in [0.15, 0.2) is 11.0 Å². The standard InChI is InChI=1S/C23H21ClO7/c1-28-20-6-5-14(29-7-8-30-15-9-13(10-15)23(26)27)11-17(20)21-12-19(25)16-3-2-4-18(24)22(16)31-21/h2-6,11-13,15H,7-10H2,1H3,(H,26,27). The Morgan fingerprint density at radius 1 is 1.19 bits per heavy atom. The highest BCUT2D eigenvalue weighted by molar-refractivity contribution is 6.34. The van der Waals surface area contributed by atoms with Gasteiger partial charge in [0, 0.05) is 6.07 Å². The molecule has 2 aromatic carbocycles. The van der Waals surface area contributed by atoms with Crippen LogP contribution in [0.5, 0.6) is 11.5 Å². The molecule has 8 heteroatoms. The van der Waals surface area contributed by atoms with E-state index in [2.05, 4.69) is 0 Å². The third-order valence-corrected chi connectivity index (χ3v) is 5.59. The van der Waals surface area contributed by atoms with Gasteiger partial charge >= 0.3 is 5.97 Å². The largest absolute Gasteiger partial charge is 0.496 e. The Kier molecular flexibility index (Phi) is 6.15. The van der Waals surface area contributed by atoms with E-state index in [0.29, 0.717) is 64.9 Å². The average Bonchev–Trinajstić information content (AvgIpc) is 2.72. The molecule has 0 saturated heterocycles. The van der Waals surface area contributed by atoms with Crippen molar-refractivity contribution in [3.63, 3.8) is 0 Å². The lowest BCUT2D eigenvalue weighted by atomic mass is 9.82. The Labute approximate surface area is 183 Å². The normalized spacial score (nSPS) is 17.9. The molecular weight excluding hydrogens is 424 g/mol. The molecule has 0 amide bonds. The van der Waals surface area contributed by atoms with Gasteiger partial charge in [-0.1, -0.05) is 17.7 Å². The smallest absolute Gasteiger partial charge is 0.306 e. The second-order valence-corrected chi connectivity index (χ2v) is 7.71. The van der Waals surface area contributed by atoms with Gasteiger partial charge in [0.1, 0.15) is 23.9 Å². The molecule has 162 valence electrons. The lowest BCUT2D eigenvalue weighted by molar-refractivity contribution is -0.151. The van der Waals surface area contributed by atoms with Gasteiger partial charge in [-0.3, -0.25) is 9.59 Å². The number of para-hydroxylation sites is 1. The zero-order chi connectivity index (χ0) is 22.0. The van der Waals surface area contributed by atoms with Crippen LogP contribution in [-0.4, -0.2) is 37.5 Å². The van der Waals surface area contributed by atoms with E-state index in [0.717, 1.165) is 0 Å². The summed E-state index contributed by atoms with van der Waals surface area (Å²) in [5, 5.41) is 9.65. The summed E-state index contributed by atoms with van der Waals surface area (Å²) >= 11 is 6.21. The summed E-state index contributed by atoms with van der Waals surface area (Å²) in [5.41, 5.74) is 0.664. The zero-order valence-electron chi connectivity index (χ0n) is 16.8. The van der Waals surface area contributed by atoms with Gasteiger partial charge in [-0.2, -0.15) is 0 Å². The van der Waals surface area contributed by atoms with Crippen molar-refractivity contribution in [2.45, 2.75) is 18.9 Å². The summed E-state index contributed by atoms with van der Waals surface area (Å²) in [5.74, 6) is 0.313. The molecule has 1 saturated carbocycles. The first-order chi connectivity index (χ1) is 15.0. The molecule has 1 aliphatic carbocycles. The van der Waals surface area contributed by atoms with E-state index in [-0.39, 0.29) is 17.5 Å². The van der Waals surface area contributed by atoms with E-state index < -0.39 is 5.97 Å². The third-order valence-electron chi connectivity index (χ3n) is 5.29. The first kappa shape index (κ1) is 21.2. The Morgan fingerprint density at radius 3 is 2.74 bits per heavy atom. The number of carboxylic acids is 1. The molecule has 3 aromatic rings. The van der Waals surface area contributed by atoms with Gasteiger partial charge in [-0.25, -0.2) is 0 Å². The number of carboxylic acid groups (broad SMARTS) is 1. The number of hydrogen-bond donors (Lipinski definition) is 1. The quantitative estimate of drug-likeness (QED) is 0.515. The topological polar surface area (TPSA) is 95.2 Å². The van der Waals surface area contributed by atoms with Gasteiger partial charge in [-0.05, 0) is 43.2 Å². The van der Waals surface area contributed by atoms with Crippen LogP contribution < -0.4 is 14.9 Å². The highest BCUT2D eigenvalue weighted by atomic mass is 35.5. The van der Waals surface area contributed by atoms with E-state index in [9.17, 15) is 9.59 Å². The molecule has 1 aliphatic rings. The Bertz CT molecular complexity index is 1160. The number of fused-ring (bicyclic) bond motifs is 1. The Hall–Kier alpha value is -3.03. The van der Waals surface area contributed by atoms with E-state index in [1.54, 1.807) is 36.4 Å². The summed E-state index contributed by atoms with van der Waals surface area (Å²) < 4.78 is 22.7. The number of methoxy groups -OCH3 is 1. The molecule has 7 nitrogen and oxygen atoms in total. The second-order valence-electron chi connectivity index (χ2n) is 7.30. The molecule has 0 atom stereocenters. The van der Waals surface area contributed by atoms with Crippen LogP contribution in [0.2, 0.25) is 5.02 Å². The van der Waals surface area contributed by atoms with Crippen molar-refractivity contribution in [3.8, 4) is 22.8 Å². The van der Waals surface area contributed by atoms with Crippen molar-refractivity contribution < 1.29 is 28.5 Å². The van der Waals surface area contributed by atoms with Crippen LogP contribution in [0.15, 0.2) is 51.7 Å². The number of ether oxygens (including phenoxy) is 3. The monoisotopic (exact) mass is 444 g/mol. The predicted octanol–water partition coefficient (Wildman–Crippen LogP) is 4.38. The van der Waals surface area contributed by atoms with Gasteiger partial charge in [0.25, 0.3) is 0 Å². The maximum atomic E-state index is 12.5. The molecule has 31 heavy (non-hydrogen) atoms. The molecular formula is C23H21ClO7. The number of rotatable bonds is 8. The first-order valence-corrected chi connectivity index (χ1v) is 10.2. The lowest BCUT2D eigenvalue weighted by Crippen LogP contribution is -2.36. The Balaban J connectivity index is 1.48. The van der Waals surface area contributed by atoms with Crippen LogP contribution in [0.25, 0.3) is 22.3 Å². The highest BCUT2D eigenvalue weighted by Crippen LogP contribution is 2.35. The van der Waals surface area contributed by atoms with Crippen molar-refractivity contribution in [3.05, 3.63) is 57.7 Å². The Morgan fingerprint density at radius 2 is 2.00 bits per heavy atom. The highest BCUT2D eigenvalue weighted by Gasteiger charge is 2.34. The number of halogens is 1. The van der Waals surface area contributed by atoms with Crippen LogP contribution in [0.1, 0.15) is 12.8 Å². The number of carbonyl (C=O) groups is 1. The molecule has 1 fully saturated rings. The SMILES string of the molecule is COc1ccc(OCCOC2CC(C(=O)O)C2)cc1-c1cc(=O)c2cccc(Cl)c2o1. The first-order valence-electron chi connectivity index (χ1n) is 9.84. The maximum Gasteiger partial charge on any atom is 0.306 e. The second kappa shape index (κ2) is 8.99. The molecule has 0 bridgehead atoms. The fourth-order valence-electron chi connectivity index (χ4n) is 3.52. The molecule has 1 aromatic heterocycles. The van der Waals surface area contributed by atoms with Crippen molar-refractivity contribution in [1.82, 2.24) is 0 Å². The summed E-state index contributed by atoms with van der Waals surface area (Å²) in [6.45, 7) is 0.645. The summed E-state index contributed by atoms with van der Waals surface area (Å²) in [4.78, 5) is 23.4. The zero-order valence-corrected chi connectivity index (χ0v) is 17.6. The maximum absolute atomic E-state index is 12.5. The van der Waals surface area contributed by atoms with Crippen LogP contribution >= 0.6 is 11.6 Å². The fraction of sp³-hybridized carbons (Fsp3) is 0.304. The minimum absolute atomic E-state index is 0.0345. The summed E-state index contributed by atoms with van der Waals surface area (Å²) in [6.07, 6.45) is 1.03. The molecule has 4 rings (SSSR count). The molecule has 0 spiro atoms. The summed E-state index contributed by atoms with van der Waals surface area (Å²) in [7, 11) is 1.53. The molecule has 0 radical (unpaired) electrons. The average molecular weight is 445 g/mol.